The van der Waals surface area contributed by atoms with Gasteiger partial charge in [0.05, 0.1) is 4.75 Å². The van der Waals surface area contributed by atoms with E-state index >= 15 is 0 Å². The summed E-state index contributed by atoms with van der Waals surface area (Å²) in [5.74, 6) is 0. The highest BCUT2D eigenvalue weighted by molar-refractivity contribution is 7.90. The molecule has 0 spiro atoms. The van der Waals surface area contributed by atoms with Gasteiger partial charge < -0.3 is 5.73 Å². The maximum absolute atomic E-state index is 11.5. The highest BCUT2D eigenvalue weighted by Gasteiger charge is 2.27. The Kier molecular flexibility index (Phi) is 4.35. The fraction of sp³-hybridized carbons (Fsp3) is 1.00. The summed E-state index contributed by atoms with van der Waals surface area (Å²) in [5, 5.41) is 0. The van der Waals surface area contributed by atoms with Crippen LogP contribution in [0, 0.1) is 0 Å². The summed E-state index contributed by atoms with van der Waals surface area (Å²) >= 11 is 0. The Balaban J connectivity index is 4.07. The molecule has 0 radical (unpaired) electrons. The number of nitrogens with one attached hydrogen (secondary N) is 1. The maximum Gasteiger partial charge on any atom is 0.216 e. The van der Waals surface area contributed by atoms with E-state index in [4.69, 9.17) is 5.73 Å². The van der Waals surface area contributed by atoms with Crippen molar-refractivity contribution in [2.45, 2.75) is 44.9 Å². The Labute approximate surface area is 80.9 Å². The van der Waals surface area contributed by atoms with Gasteiger partial charge in [-0.3, -0.25) is 0 Å². The van der Waals surface area contributed by atoms with Crippen molar-refractivity contribution in [1.29, 1.82) is 0 Å². The van der Waals surface area contributed by atoms with Gasteiger partial charge in [-0.1, -0.05) is 0 Å². The van der Waals surface area contributed by atoms with E-state index in [0.29, 0.717) is 13.0 Å². The Morgan fingerprint density at radius 2 is 1.85 bits per heavy atom. The molecular weight excluding hydrogens is 188 g/mol. The van der Waals surface area contributed by atoms with Crippen molar-refractivity contribution >= 4 is 10.0 Å². The topological polar surface area (TPSA) is 72.2 Å². The molecular formula is C8H20N2O2S. The highest BCUT2D eigenvalue weighted by Crippen LogP contribution is 2.12. The first-order valence-electron chi connectivity index (χ1n) is 4.41. The summed E-state index contributed by atoms with van der Waals surface area (Å²) in [6.07, 6.45) is 0.662. The average Bonchev–Trinajstić information content (AvgIpc) is 1.82. The molecule has 0 heterocycles. The third-order valence-corrected chi connectivity index (χ3v) is 3.89. The zero-order valence-electron chi connectivity index (χ0n) is 8.79. The van der Waals surface area contributed by atoms with Crippen molar-refractivity contribution in [3.05, 3.63) is 0 Å². The van der Waals surface area contributed by atoms with Crippen LogP contribution in [0.5, 0.6) is 0 Å². The smallest absolute Gasteiger partial charge is 0.216 e. The largest absolute Gasteiger partial charge is 0.328 e. The zero-order valence-corrected chi connectivity index (χ0v) is 9.61. The Hall–Kier alpha value is -0.130. The summed E-state index contributed by atoms with van der Waals surface area (Å²) in [7, 11) is -3.20. The predicted octanol–water partition coefficient (Wildman–Crippen LogP) is 0.442. The zero-order chi connectivity index (χ0) is 10.7. The van der Waals surface area contributed by atoms with Crippen molar-refractivity contribution in [3.63, 3.8) is 0 Å². The SMILES string of the molecule is CC(N)CCNS(=O)(=O)C(C)(C)C. The van der Waals surface area contributed by atoms with Crippen LogP contribution in [0.3, 0.4) is 0 Å². The molecule has 0 bridgehead atoms. The number of sulfonamides is 1. The maximum atomic E-state index is 11.5. The van der Waals surface area contributed by atoms with Crippen molar-refractivity contribution in [2.75, 3.05) is 6.54 Å². The van der Waals surface area contributed by atoms with Crippen LogP contribution in [0.25, 0.3) is 0 Å². The number of nitrogens with two attached hydrogens (primary N) is 1. The van der Waals surface area contributed by atoms with E-state index in [0.717, 1.165) is 0 Å². The van der Waals surface area contributed by atoms with Crippen LogP contribution in [-0.2, 0) is 10.0 Å². The molecule has 0 amide bonds. The predicted molar refractivity (Wildman–Crippen MR) is 54.9 cm³/mol. The number of hydrogen-bond acceptors (Lipinski definition) is 3. The van der Waals surface area contributed by atoms with Crippen LogP contribution in [0.1, 0.15) is 34.1 Å². The molecule has 1 atom stereocenters. The first kappa shape index (κ1) is 12.9. The van der Waals surface area contributed by atoms with E-state index < -0.39 is 14.8 Å². The molecule has 0 aromatic rings. The first-order chi connectivity index (χ1) is 5.67. The van der Waals surface area contributed by atoms with Gasteiger partial charge in [-0.15, -0.1) is 0 Å². The lowest BCUT2D eigenvalue weighted by molar-refractivity contribution is 0.538. The lowest BCUT2D eigenvalue weighted by Crippen LogP contribution is -2.40. The van der Waals surface area contributed by atoms with Gasteiger partial charge in [0.15, 0.2) is 0 Å². The third-order valence-electron chi connectivity index (χ3n) is 1.70. The molecule has 0 aromatic carbocycles. The van der Waals surface area contributed by atoms with Crippen molar-refractivity contribution in [1.82, 2.24) is 4.72 Å². The van der Waals surface area contributed by atoms with Gasteiger partial charge in [0.2, 0.25) is 10.0 Å². The molecule has 4 nitrogen and oxygen atoms in total. The third kappa shape index (κ3) is 4.59. The van der Waals surface area contributed by atoms with E-state index in [2.05, 4.69) is 4.72 Å². The van der Waals surface area contributed by atoms with E-state index in [9.17, 15) is 8.42 Å². The summed E-state index contributed by atoms with van der Waals surface area (Å²) in [6, 6.07) is 0.0302. The van der Waals surface area contributed by atoms with Crippen molar-refractivity contribution < 1.29 is 8.42 Å². The van der Waals surface area contributed by atoms with E-state index in [1.54, 1.807) is 20.8 Å². The second-order valence-electron chi connectivity index (χ2n) is 4.28. The second-order valence-corrected chi connectivity index (χ2v) is 6.80. The molecule has 0 aromatic heterocycles. The second kappa shape index (κ2) is 4.39. The fourth-order valence-electron chi connectivity index (χ4n) is 0.637. The van der Waals surface area contributed by atoms with Crippen LogP contribution >= 0.6 is 0 Å². The minimum absolute atomic E-state index is 0.0302. The van der Waals surface area contributed by atoms with Crippen LogP contribution in [0.2, 0.25) is 0 Å². The molecule has 13 heavy (non-hydrogen) atoms. The van der Waals surface area contributed by atoms with Gasteiger partial charge in [0.1, 0.15) is 0 Å². The molecule has 0 aliphatic heterocycles. The first-order valence-corrected chi connectivity index (χ1v) is 5.90. The Bertz CT molecular complexity index is 239. The van der Waals surface area contributed by atoms with Gasteiger partial charge >= 0.3 is 0 Å². The normalized spacial score (nSPS) is 15.8. The van der Waals surface area contributed by atoms with Crippen LogP contribution in [-0.4, -0.2) is 25.8 Å². The summed E-state index contributed by atoms with van der Waals surface area (Å²) < 4.78 is 24.7. The molecule has 5 heteroatoms. The standard InChI is InChI=1S/C8H20N2O2S/c1-7(9)5-6-10-13(11,12)8(2,3)4/h7,10H,5-6,9H2,1-4H3. The average molecular weight is 208 g/mol. The van der Waals surface area contributed by atoms with E-state index in [1.807, 2.05) is 6.92 Å². The number of hydrogen-bond donors (Lipinski definition) is 2. The highest BCUT2D eigenvalue weighted by atomic mass is 32.2. The van der Waals surface area contributed by atoms with Crippen LogP contribution < -0.4 is 10.5 Å². The van der Waals surface area contributed by atoms with E-state index in [1.165, 1.54) is 0 Å². The minimum atomic E-state index is -3.20. The molecule has 0 saturated carbocycles. The number of rotatable bonds is 4. The molecule has 1 unspecified atom stereocenters. The fourth-order valence-corrected chi connectivity index (χ4v) is 1.46. The van der Waals surface area contributed by atoms with Gasteiger partial charge in [-0.25, -0.2) is 13.1 Å². The summed E-state index contributed by atoms with van der Waals surface area (Å²) in [6.45, 7) is 7.27. The summed E-state index contributed by atoms with van der Waals surface area (Å²) in [5.41, 5.74) is 5.50. The molecule has 0 saturated heterocycles. The molecule has 0 fully saturated rings. The van der Waals surface area contributed by atoms with Gasteiger partial charge in [-0.2, -0.15) is 0 Å². The molecule has 0 aliphatic carbocycles. The quantitative estimate of drug-likeness (QED) is 0.704. The van der Waals surface area contributed by atoms with Crippen molar-refractivity contribution in [2.24, 2.45) is 5.73 Å². The molecule has 3 N–H and O–H groups in total. The van der Waals surface area contributed by atoms with Crippen molar-refractivity contribution in [3.8, 4) is 0 Å². The lowest BCUT2D eigenvalue weighted by atomic mass is 10.3. The Morgan fingerprint density at radius 1 is 1.38 bits per heavy atom. The van der Waals surface area contributed by atoms with E-state index in [-0.39, 0.29) is 6.04 Å². The summed E-state index contributed by atoms with van der Waals surface area (Å²) in [4.78, 5) is 0. The molecule has 0 rings (SSSR count). The van der Waals surface area contributed by atoms with Gasteiger partial charge in [0, 0.05) is 12.6 Å². The minimum Gasteiger partial charge on any atom is -0.328 e. The van der Waals surface area contributed by atoms with Gasteiger partial charge in [-0.05, 0) is 34.1 Å². The van der Waals surface area contributed by atoms with Crippen LogP contribution in [0.15, 0.2) is 0 Å². The molecule has 0 aliphatic rings. The Morgan fingerprint density at radius 3 is 2.15 bits per heavy atom. The van der Waals surface area contributed by atoms with Gasteiger partial charge in [0.25, 0.3) is 0 Å². The van der Waals surface area contributed by atoms with Crippen LogP contribution in [0.4, 0.5) is 0 Å². The molecule has 80 valence electrons. The monoisotopic (exact) mass is 208 g/mol. The lowest BCUT2D eigenvalue weighted by Gasteiger charge is -2.19.